The van der Waals surface area contributed by atoms with E-state index < -0.39 is 0 Å². The first-order chi connectivity index (χ1) is 7.53. The third kappa shape index (κ3) is 1.33. The van der Waals surface area contributed by atoms with Crippen LogP contribution in [0.4, 0.5) is 0 Å². The molecule has 4 bridgehead atoms. The summed E-state index contributed by atoms with van der Waals surface area (Å²) in [5.41, 5.74) is 0.242. The van der Waals surface area contributed by atoms with Gasteiger partial charge in [-0.25, -0.2) is 0 Å². The zero-order chi connectivity index (χ0) is 11.5. The predicted molar refractivity (Wildman–Crippen MR) is 66.2 cm³/mol. The Kier molecular flexibility index (Phi) is 2.41. The highest BCUT2D eigenvalue weighted by Gasteiger charge is 2.60. The molecule has 0 radical (unpaired) electrons. The zero-order valence-electron chi connectivity index (χ0n) is 11.2. The van der Waals surface area contributed by atoms with Gasteiger partial charge in [-0.3, -0.25) is 0 Å². The molecule has 16 heavy (non-hydrogen) atoms. The van der Waals surface area contributed by atoms with Crippen molar-refractivity contribution in [1.82, 2.24) is 0 Å². The van der Waals surface area contributed by atoms with E-state index in [2.05, 4.69) is 27.7 Å². The van der Waals surface area contributed by atoms with E-state index in [9.17, 15) is 0 Å². The molecule has 6 atom stereocenters. The van der Waals surface area contributed by atoms with Crippen molar-refractivity contribution in [2.24, 2.45) is 29.6 Å². The van der Waals surface area contributed by atoms with Crippen molar-refractivity contribution in [2.45, 2.75) is 65.1 Å². The highest BCUT2D eigenvalue weighted by Crippen LogP contribution is 2.60. The second kappa shape index (κ2) is 3.48. The average Bonchev–Trinajstić information content (AvgIpc) is 2.33. The summed E-state index contributed by atoms with van der Waals surface area (Å²) in [5, 5.41) is 0. The van der Waals surface area contributed by atoms with Crippen LogP contribution in [0.1, 0.15) is 53.4 Å². The molecule has 0 N–H and O–H groups in total. The van der Waals surface area contributed by atoms with E-state index in [0.717, 1.165) is 29.6 Å². The largest absolute Gasteiger partial charge is 0.371 e. The van der Waals surface area contributed by atoms with Gasteiger partial charge < -0.3 is 4.74 Å². The minimum atomic E-state index is 0.242. The minimum absolute atomic E-state index is 0.242. The van der Waals surface area contributed by atoms with Crippen molar-refractivity contribution in [1.29, 1.82) is 0 Å². The Hall–Kier alpha value is -0.0400. The maximum Gasteiger partial charge on any atom is 0.0690 e. The van der Waals surface area contributed by atoms with Gasteiger partial charge >= 0.3 is 0 Å². The summed E-state index contributed by atoms with van der Waals surface area (Å²) >= 11 is 0. The average molecular weight is 222 g/mol. The van der Waals surface area contributed by atoms with Gasteiger partial charge in [-0.05, 0) is 62.2 Å². The molecule has 92 valence electrons. The first-order valence-electron chi connectivity index (χ1n) is 7.21. The molecule has 0 spiro atoms. The molecule has 0 aromatic heterocycles. The number of hydrogen-bond acceptors (Lipinski definition) is 1. The third-order valence-corrected chi connectivity index (χ3v) is 5.85. The number of rotatable bonds is 1. The number of hydrogen-bond donors (Lipinski definition) is 0. The van der Waals surface area contributed by atoms with Crippen LogP contribution in [0.15, 0.2) is 0 Å². The standard InChI is InChI=1S/C15H26O/c1-9(2)11-7-8-15(4)12-6-5-10(3)14(16-15)13(11)12/h9-14H,5-8H2,1-4H3/t10-,11+,12+,13+,14-,15-/m0/s1. The van der Waals surface area contributed by atoms with Gasteiger partial charge in [0.15, 0.2) is 0 Å². The molecule has 2 saturated carbocycles. The Morgan fingerprint density at radius 1 is 1.19 bits per heavy atom. The fraction of sp³-hybridized carbons (Fsp3) is 1.00. The van der Waals surface area contributed by atoms with Crippen LogP contribution in [-0.4, -0.2) is 11.7 Å². The predicted octanol–water partition coefficient (Wildman–Crippen LogP) is 3.87. The van der Waals surface area contributed by atoms with Crippen molar-refractivity contribution < 1.29 is 4.74 Å². The monoisotopic (exact) mass is 222 g/mol. The topological polar surface area (TPSA) is 9.23 Å². The second-order valence-corrected chi connectivity index (χ2v) is 7.08. The van der Waals surface area contributed by atoms with E-state index in [4.69, 9.17) is 4.74 Å². The molecule has 1 heterocycles. The molecular formula is C15H26O. The van der Waals surface area contributed by atoms with Gasteiger partial charge in [-0.1, -0.05) is 20.8 Å². The lowest BCUT2D eigenvalue weighted by Crippen LogP contribution is -2.44. The van der Waals surface area contributed by atoms with Crippen molar-refractivity contribution in [3.63, 3.8) is 0 Å². The Morgan fingerprint density at radius 3 is 2.62 bits per heavy atom. The van der Waals surface area contributed by atoms with E-state index in [1.807, 2.05) is 0 Å². The molecular weight excluding hydrogens is 196 g/mol. The van der Waals surface area contributed by atoms with E-state index in [-0.39, 0.29) is 5.60 Å². The molecule has 0 amide bonds. The molecule has 1 heteroatoms. The maximum atomic E-state index is 6.49. The van der Waals surface area contributed by atoms with Crippen LogP contribution in [0.5, 0.6) is 0 Å². The maximum absolute atomic E-state index is 6.49. The zero-order valence-corrected chi connectivity index (χ0v) is 11.2. The highest BCUT2D eigenvalue weighted by molar-refractivity contribution is 5.08. The van der Waals surface area contributed by atoms with E-state index in [1.54, 1.807) is 0 Å². The van der Waals surface area contributed by atoms with Gasteiger partial charge in [0.2, 0.25) is 0 Å². The van der Waals surface area contributed by atoms with Crippen LogP contribution in [0.2, 0.25) is 0 Å². The summed E-state index contributed by atoms with van der Waals surface area (Å²) in [6, 6.07) is 0. The quantitative estimate of drug-likeness (QED) is 0.654. The summed E-state index contributed by atoms with van der Waals surface area (Å²) in [6.07, 6.45) is 6.10. The fourth-order valence-electron chi connectivity index (χ4n) is 4.92. The smallest absolute Gasteiger partial charge is 0.0690 e. The van der Waals surface area contributed by atoms with Gasteiger partial charge in [0.25, 0.3) is 0 Å². The Balaban J connectivity index is 1.94. The summed E-state index contributed by atoms with van der Waals surface area (Å²) in [5.74, 6) is 4.31. The normalized spacial score (nSPS) is 55.7. The van der Waals surface area contributed by atoms with Gasteiger partial charge in [0.1, 0.15) is 0 Å². The lowest BCUT2D eigenvalue weighted by Gasteiger charge is -2.45. The van der Waals surface area contributed by atoms with Crippen molar-refractivity contribution >= 4 is 0 Å². The molecule has 2 aliphatic carbocycles. The first kappa shape index (κ1) is 11.1. The highest BCUT2D eigenvalue weighted by atomic mass is 16.5. The van der Waals surface area contributed by atoms with Crippen molar-refractivity contribution in [2.75, 3.05) is 0 Å². The molecule has 3 fully saturated rings. The first-order valence-corrected chi connectivity index (χ1v) is 7.21. The second-order valence-electron chi connectivity index (χ2n) is 7.08. The fourth-order valence-corrected chi connectivity index (χ4v) is 4.92. The van der Waals surface area contributed by atoms with Crippen LogP contribution in [0, 0.1) is 29.6 Å². The molecule has 1 nitrogen and oxygen atoms in total. The van der Waals surface area contributed by atoms with Crippen molar-refractivity contribution in [3.05, 3.63) is 0 Å². The van der Waals surface area contributed by atoms with Crippen LogP contribution in [0.25, 0.3) is 0 Å². The van der Waals surface area contributed by atoms with E-state index in [1.165, 1.54) is 25.7 Å². The minimum Gasteiger partial charge on any atom is -0.371 e. The molecule has 3 rings (SSSR count). The summed E-state index contributed by atoms with van der Waals surface area (Å²) in [7, 11) is 0. The van der Waals surface area contributed by atoms with E-state index >= 15 is 0 Å². The molecule has 0 aromatic rings. The SMILES string of the molecule is CC(C)[C@H]1CC[C@]2(C)O[C@@H]3[C@H]1[C@H]2CC[C@@H]3C. The number of ether oxygens (including phenoxy) is 1. The Labute approximate surface area is 99.9 Å². The molecule has 0 unspecified atom stereocenters. The van der Waals surface area contributed by atoms with Crippen LogP contribution < -0.4 is 0 Å². The molecule has 3 aliphatic rings. The van der Waals surface area contributed by atoms with Gasteiger partial charge in [-0.15, -0.1) is 0 Å². The van der Waals surface area contributed by atoms with Crippen LogP contribution in [-0.2, 0) is 4.74 Å². The summed E-state index contributed by atoms with van der Waals surface area (Å²) < 4.78 is 6.49. The third-order valence-electron chi connectivity index (χ3n) is 5.85. The van der Waals surface area contributed by atoms with Crippen LogP contribution >= 0.6 is 0 Å². The van der Waals surface area contributed by atoms with Gasteiger partial charge in [-0.2, -0.15) is 0 Å². The molecule has 0 aromatic carbocycles. The van der Waals surface area contributed by atoms with Gasteiger partial charge in [0.05, 0.1) is 11.7 Å². The summed E-state index contributed by atoms with van der Waals surface area (Å²) in [4.78, 5) is 0. The molecule has 1 saturated heterocycles. The molecule has 1 aliphatic heterocycles. The van der Waals surface area contributed by atoms with E-state index in [0.29, 0.717) is 6.10 Å². The van der Waals surface area contributed by atoms with Crippen LogP contribution in [0.3, 0.4) is 0 Å². The Morgan fingerprint density at radius 2 is 1.94 bits per heavy atom. The summed E-state index contributed by atoms with van der Waals surface area (Å²) in [6.45, 7) is 9.61. The van der Waals surface area contributed by atoms with Crippen molar-refractivity contribution in [3.8, 4) is 0 Å². The lowest BCUT2D eigenvalue weighted by molar-refractivity contribution is -0.0524. The Bertz CT molecular complexity index is 285. The van der Waals surface area contributed by atoms with Gasteiger partial charge in [0, 0.05) is 0 Å². The lowest BCUT2D eigenvalue weighted by atomic mass is 9.57.